The van der Waals surface area contributed by atoms with Crippen LogP contribution in [0.15, 0.2) is 24.3 Å². The molecular weight excluding hydrogens is 353 g/mol. The smallest absolute Gasteiger partial charge is 0.329 e. The van der Waals surface area contributed by atoms with E-state index in [1.54, 1.807) is 24.6 Å². The Kier molecular flexibility index (Phi) is 7.39. The maximum atomic E-state index is 13.8. The summed E-state index contributed by atoms with van der Waals surface area (Å²) in [5.74, 6) is -1.76. The van der Waals surface area contributed by atoms with E-state index in [2.05, 4.69) is 27.8 Å². The lowest BCUT2D eigenvalue weighted by Crippen LogP contribution is -2.45. The molecule has 0 spiro atoms. The van der Waals surface area contributed by atoms with Gasteiger partial charge in [0.15, 0.2) is 12.4 Å². The number of unbranched alkanes of at least 4 members (excludes halogenated alkanes) is 1. The lowest BCUT2D eigenvalue weighted by atomic mass is 10.0. The molecular formula is C18H24FN5O3. The topological polar surface area (TPSA) is 99.0 Å². The summed E-state index contributed by atoms with van der Waals surface area (Å²) in [6, 6.07) is 4.67. The summed E-state index contributed by atoms with van der Waals surface area (Å²) in [5.41, 5.74) is -0.126. The molecule has 146 valence electrons. The summed E-state index contributed by atoms with van der Waals surface area (Å²) in [4.78, 5) is 24.7. The van der Waals surface area contributed by atoms with E-state index in [-0.39, 0.29) is 18.1 Å². The van der Waals surface area contributed by atoms with Crippen molar-refractivity contribution in [2.75, 3.05) is 0 Å². The van der Waals surface area contributed by atoms with E-state index >= 15 is 0 Å². The van der Waals surface area contributed by atoms with Gasteiger partial charge in [-0.05, 0) is 34.9 Å². The fraction of sp³-hybridized carbons (Fsp3) is 0.500. The van der Waals surface area contributed by atoms with Crippen molar-refractivity contribution < 1.29 is 18.7 Å². The number of esters is 1. The van der Waals surface area contributed by atoms with Crippen LogP contribution in [0.2, 0.25) is 0 Å². The zero-order valence-electron chi connectivity index (χ0n) is 15.7. The highest BCUT2D eigenvalue weighted by Crippen LogP contribution is 2.10. The number of ether oxygens (including phenoxy) is 1. The van der Waals surface area contributed by atoms with Crippen LogP contribution in [-0.4, -0.2) is 38.1 Å². The molecule has 8 nitrogen and oxygen atoms in total. The molecule has 0 saturated carbocycles. The van der Waals surface area contributed by atoms with Gasteiger partial charge in [0.25, 0.3) is 5.91 Å². The van der Waals surface area contributed by atoms with Crippen LogP contribution in [0.4, 0.5) is 4.39 Å². The van der Waals surface area contributed by atoms with Crippen molar-refractivity contribution in [3.63, 3.8) is 0 Å². The van der Waals surface area contributed by atoms with Crippen molar-refractivity contribution in [3.8, 4) is 0 Å². The summed E-state index contributed by atoms with van der Waals surface area (Å²) >= 11 is 0. The predicted molar refractivity (Wildman–Crippen MR) is 95.0 cm³/mol. The third-order valence-electron chi connectivity index (χ3n) is 4.00. The molecule has 0 unspecified atom stereocenters. The molecule has 2 rings (SSSR count). The van der Waals surface area contributed by atoms with Crippen LogP contribution in [0, 0.1) is 11.7 Å². The standard InChI is InChI=1S/C18H24FN5O3/c1-4-5-10-24-15(21-22-23-24)11-27-18(26)16(12(2)3)20-17(25)13-8-6-7-9-14(13)19/h6-9,12,16H,4-5,10-11H2,1-3H3,(H,20,25)/t16-/m0/s1. The van der Waals surface area contributed by atoms with Gasteiger partial charge in [-0.15, -0.1) is 5.10 Å². The largest absolute Gasteiger partial charge is 0.456 e. The second kappa shape index (κ2) is 9.75. The van der Waals surface area contributed by atoms with E-state index in [0.29, 0.717) is 12.4 Å². The number of nitrogens with zero attached hydrogens (tertiary/aromatic N) is 4. The van der Waals surface area contributed by atoms with Crippen molar-refractivity contribution in [2.24, 2.45) is 5.92 Å². The number of carbonyl (C=O) groups excluding carboxylic acids is 2. The molecule has 1 N–H and O–H groups in total. The highest BCUT2D eigenvalue weighted by atomic mass is 19.1. The number of hydrogen-bond donors (Lipinski definition) is 1. The molecule has 1 aromatic carbocycles. The average molecular weight is 377 g/mol. The second-order valence-corrected chi connectivity index (χ2v) is 6.45. The van der Waals surface area contributed by atoms with Crippen molar-refractivity contribution >= 4 is 11.9 Å². The molecule has 0 radical (unpaired) electrons. The van der Waals surface area contributed by atoms with Crippen LogP contribution < -0.4 is 5.32 Å². The van der Waals surface area contributed by atoms with E-state index in [4.69, 9.17) is 4.74 Å². The molecule has 0 aliphatic rings. The Morgan fingerprint density at radius 3 is 2.70 bits per heavy atom. The van der Waals surface area contributed by atoms with Gasteiger partial charge in [0.05, 0.1) is 5.56 Å². The Morgan fingerprint density at radius 2 is 2.04 bits per heavy atom. The first kappa shape index (κ1) is 20.5. The number of aryl methyl sites for hydroxylation is 1. The van der Waals surface area contributed by atoms with E-state index in [1.165, 1.54) is 18.2 Å². The Labute approximate surface area is 157 Å². The van der Waals surface area contributed by atoms with E-state index in [0.717, 1.165) is 12.8 Å². The highest BCUT2D eigenvalue weighted by Gasteiger charge is 2.27. The molecule has 9 heteroatoms. The fourth-order valence-corrected chi connectivity index (χ4v) is 2.40. The molecule has 0 fully saturated rings. The SMILES string of the molecule is CCCCn1nnnc1COC(=O)[C@@H](NC(=O)c1ccccc1F)C(C)C. The van der Waals surface area contributed by atoms with Gasteiger partial charge in [-0.25, -0.2) is 13.9 Å². The number of carbonyl (C=O) groups is 2. The number of aromatic nitrogens is 4. The third kappa shape index (κ3) is 5.57. The molecule has 27 heavy (non-hydrogen) atoms. The molecule has 1 atom stereocenters. The Bertz CT molecular complexity index is 778. The normalized spacial score (nSPS) is 12.0. The van der Waals surface area contributed by atoms with E-state index in [9.17, 15) is 14.0 Å². The Morgan fingerprint density at radius 1 is 1.30 bits per heavy atom. The lowest BCUT2D eigenvalue weighted by Gasteiger charge is -2.21. The van der Waals surface area contributed by atoms with Crippen LogP contribution in [-0.2, 0) is 22.7 Å². The lowest BCUT2D eigenvalue weighted by molar-refractivity contribution is -0.148. The zero-order valence-corrected chi connectivity index (χ0v) is 15.7. The van der Waals surface area contributed by atoms with Gasteiger partial charge in [0.2, 0.25) is 0 Å². The second-order valence-electron chi connectivity index (χ2n) is 6.45. The van der Waals surface area contributed by atoms with Gasteiger partial charge in [-0.1, -0.05) is 39.3 Å². The van der Waals surface area contributed by atoms with Crippen molar-refractivity contribution in [3.05, 3.63) is 41.5 Å². The van der Waals surface area contributed by atoms with Crippen molar-refractivity contribution in [1.29, 1.82) is 0 Å². The molecule has 1 aromatic heterocycles. The molecule has 0 aliphatic heterocycles. The maximum absolute atomic E-state index is 13.8. The van der Waals surface area contributed by atoms with Gasteiger partial charge >= 0.3 is 5.97 Å². The first-order valence-corrected chi connectivity index (χ1v) is 8.91. The number of rotatable bonds is 9. The average Bonchev–Trinajstić information content (AvgIpc) is 3.09. The zero-order chi connectivity index (χ0) is 19.8. The van der Waals surface area contributed by atoms with E-state index in [1.807, 2.05) is 0 Å². The predicted octanol–water partition coefficient (Wildman–Crippen LogP) is 2.11. The fourth-order valence-electron chi connectivity index (χ4n) is 2.40. The van der Waals surface area contributed by atoms with Crippen LogP contribution >= 0.6 is 0 Å². The molecule has 1 amide bonds. The molecule has 1 heterocycles. The van der Waals surface area contributed by atoms with Gasteiger partial charge in [0.1, 0.15) is 11.9 Å². The van der Waals surface area contributed by atoms with Gasteiger partial charge < -0.3 is 10.1 Å². The summed E-state index contributed by atoms with van der Waals surface area (Å²) in [6.07, 6.45) is 1.88. The maximum Gasteiger partial charge on any atom is 0.329 e. The first-order valence-electron chi connectivity index (χ1n) is 8.91. The van der Waals surface area contributed by atoms with Crippen LogP contribution in [0.3, 0.4) is 0 Å². The summed E-state index contributed by atoms with van der Waals surface area (Å²) in [7, 11) is 0. The molecule has 2 aromatic rings. The first-order chi connectivity index (χ1) is 12.9. The van der Waals surface area contributed by atoms with Crippen LogP contribution in [0.25, 0.3) is 0 Å². The van der Waals surface area contributed by atoms with Crippen LogP contribution in [0.1, 0.15) is 49.8 Å². The van der Waals surface area contributed by atoms with Gasteiger partial charge in [-0.3, -0.25) is 4.79 Å². The minimum Gasteiger partial charge on any atom is -0.456 e. The molecule has 0 aliphatic carbocycles. The van der Waals surface area contributed by atoms with Crippen molar-refractivity contribution in [2.45, 2.75) is 52.8 Å². The van der Waals surface area contributed by atoms with Crippen LogP contribution in [0.5, 0.6) is 0 Å². The van der Waals surface area contributed by atoms with Gasteiger partial charge in [-0.2, -0.15) is 0 Å². The monoisotopic (exact) mass is 377 g/mol. The van der Waals surface area contributed by atoms with E-state index < -0.39 is 23.7 Å². The number of amides is 1. The number of tetrazole rings is 1. The number of halogens is 1. The minimum atomic E-state index is -0.919. The summed E-state index contributed by atoms with van der Waals surface area (Å²) in [6.45, 7) is 6.11. The van der Waals surface area contributed by atoms with Crippen molar-refractivity contribution in [1.82, 2.24) is 25.5 Å². The third-order valence-corrected chi connectivity index (χ3v) is 4.00. The van der Waals surface area contributed by atoms with Gasteiger partial charge in [0, 0.05) is 6.54 Å². The molecule has 0 bridgehead atoms. The summed E-state index contributed by atoms with van der Waals surface area (Å²) < 4.78 is 20.6. The minimum absolute atomic E-state index is 0.103. The quantitative estimate of drug-likeness (QED) is 0.672. The Balaban J connectivity index is 2.00. The summed E-state index contributed by atoms with van der Waals surface area (Å²) in [5, 5.41) is 13.8. The number of nitrogens with one attached hydrogen (secondary N) is 1. The molecule has 0 saturated heterocycles. The number of hydrogen-bond acceptors (Lipinski definition) is 6. The Hall–Kier alpha value is -2.84. The number of benzene rings is 1. The highest BCUT2D eigenvalue weighted by molar-refractivity contribution is 5.97.